The Morgan fingerprint density at radius 3 is 2.76 bits per heavy atom. The van der Waals surface area contributed by atoms with Crippen molar-refractivity contribution in [2.45, 2.75) is 20.4 Å². The van der Waals surface area contributed by atoms with Crippen LogP contribution >= 0.6 is 0 Å². The molecule has 0 spiro atoms. The summed E-state index contributed by atoms with van der Waals surface area (Å²) < 4.78 is 14.7. The molecular weight excluding hydrogens is 275 g/mol. The van der Waals surface area contributed by atoms with Crippen molar-refractivity contribution >= 4 is 17.3 Å². The maximum absolute atomic E-state index is 13.5. The van der Waals surface area contributed by atoms with Gasteiger partial charge in [-0.25, -0.2) is 9.18 Å². The fraction of sp³-hybridized carbons (Fsp3) is 0.214. The van der Waals surface area contributed by atoms with Gasteiger partial charge in [-0.3, -0.25) is 9.36 Å². The number of nitrogens with zero attached hydrogens (tertiary/aromatic N) is 2. The molecule has 0 aliphatic carbocycles. The molecule has 7 heteroatoms. The number of nitrogen functional groups attached to an aromatic ring is 1. The van der Waals surface area contributed by atoms with Gasteiger partial charge in [-0.1, -0.05) is 0 Å². The Morgan fingerprint density at radius 2 is 2.10 bits per heavy atom. The minimum Gasteiger partial charge on any atom is -0.399 e. The van der Waals surface area contributed by atoms with Crippen molar-refractivity contribution in [3.8, 4) is 0 Å². The van der Waals surface area contributed by atoms with Crippen molar-refractivity contribution in [2.75, 3.05) is 11.1 Å². The lowest BCUT2D eigenvalue weighted by atomic mass is 10.2. The number of aryl methyl sites for hydroxylation is 2. The summed E-state index contributed by atoms with van der Waals surface area (Å²) in [5.41, 5.74) is 6.51. The second kappa shape index (κ2) is 5.74. The number of nitrogens with one attached hydrogen (secondary N) is 1. The standard InChI is InChI=1S/C14H15FN4O2/c1-8-5-9(2)19(14(21)17-8)7-13(20)18-12-6-10(16)3-4-11(12)15/h3-6H,7,16H2,1-2H3,(H,18,20). The zero-order valence-electron chi connectivity index (χ0n) is 11.7. The molecule has 1 aromatic heterocycles. The minimum absolute atomic E-state index is 0.0224. The van der Waals surface area contributed by atoms with Gasteiger partial charge >= 0.3 is 5.69 Å². The van der Waals surface area contributed by atoms with Gasteiger partial charge in [-0.15, -0.1) is 0 Å². The highest BCUT2D eigenvalue weighted by molar-refractivity contribution is 5.91. The van der Waals surface area contributed by atoms with Crippen LogP contribution in [-0.4, -0.2) is 15.5 Å². The second-order valence-corrected chi connectivity index (χ2v) is 4.70. The monoisotopic (exact) mass is 290 g/mol. The van der Waals surface area contributed by atoms with E-state index in [4.69, 9.17) is 5.73 Å². The molecule has 0 saturated carbocycles. The van der Waals surface area contributed by atoms with Crippen LogP contribution in [0.1, 0.15) is 11.4 Å². The molecule has 0 saturated heterocycles. The minimum atomic E-state index is -0.594. The summed E-state index contributed by atoms with van der Waals surface area (Å²) in [4.78, 5) is 27.4. The molecule has 1 aromatic carbocycles. The van der Waals surface area contributed by atoms with Crippen LogP contribution in [0.15, 0.2) is 29.1 Å². The van der Waals surface area contributed by atoms with Crippen LogP contribution in [-0.2, 0) is 11.3 Å². The van der Waals surface area contributed by atoms with E-state index in [0.717, 1.165) is 6.07 Å². The fourth-order valence-corrected chi connectivity index (χ4v) is 1.94. The molecule has 3 N–H and O–H groups in total. The van der Waals surface area contributed by atoms with Gasteiger partial charge in [0, 0.05) is 17.1 Å². The van der Waals surface area contributed by atoms with E-state index in [1.165, 1.54) is 16.7 Å². The lowest BCUT2D eigenvalue weighted by Crippen LogP contribution is -2.31. The quantitative estimate of drug-likeness (QED) is 0.832. The Morgan fingerprint density at radius 1 is 1.38 bits per heavy atom. The van der Waals surface area contributed by atoms with Crippen molar-refractivity contribution in [2.24, 2.45) is 0 Å². The first kappa shape index (κ1) is 14.7. The van der Waals surface area contributed by atoms with Gasteiger partial charge in [0.2, 0.25) is 5.91 Å². The van der Waals surface area contributed by atoms with Crippen LogP contribution in [0.4, 0.5) is 15.8 Å². The highest BCUT2D eigenvalue weighted by atomic mass is 19.1. The molecule has 2 rings (SSSR count). The molecule has 0 fully saturated rings. The van der Waals surface area contributed by atoms with Crippen LogP contribution in [0.25, 0.3) is 0 Å². The van der Waals surface area contributed by atoms with Crippen LogP contribution < -0.4 is 16.7 Å². The van der Waals surface area contributed by atoms with Gasteiger partial charge in [0.15, 0.2) is 0 Å². The van der Waals surface area contributed by atoms with Crippen LogP contribution in [0.5, 0.6) is 0 Å². The smallest absolute Gasteiger partial charge is 0.348 e. The van der Waals surface area contributed by atoms with E-state index < -0.39 is 17.4 Å². The zero-order chi connectivity index (χ0) is 15.6. The fourth-order valence-electron chi connectivity index (χ4n) is 1.94. The van der Waals surface area contributed by atoms with Crippen LogP contribution in [0, 0.1) is 19.7 Å². The number of hydrogen-bond donors (Lipinski definition) is 2. The largest absolute Gasteiger partial charge is 0.399 e. The van der Waals surface area contributed by atoms with E-state index in [0.29, 0.717) is 17.1 Å². The summed E-state index contributed by atoms with van der Waals surface area (Å²) in [6.07, 6.45) is 0. The molecule has 0 unspecified atom stereocenters. The highest BCUT2D eigenvalue weighted by Gasteiger charge is 2.11. The van der Waals surface area contributed by atoms with E-state index in [1.807, 2.05) is 0 Å². The molecule has 0 radical (unpaired) electrons. The summed E-state index contributed by atoms with van der Waals surface area (Å²) in [5.74, 6) is -1.13. The lowest BCUT2D eigenvalue weighted by molar-refractivity contribution is -0.116. The van der Waals surface area contributed by atoms with E-state index in [2.05, 4.69) is 10.3 Å². The topological polar surface area (TPSA) is 90.0 Å². The van der Waals surface area contributed by atoms with Gasteiger partial charge in [0.05, 0.1) is 5.69 Å². The Balaban J connectivity index is 2.20. The number of rotatable bonds is 3. The molecule has 0 atom stereocenters. The number of halogens is 1. The van der Waals surface area contributed by atoms with Crippen molar-refractivity contribution in [1.82, 2.24) is 9.55 Å². The number of amides is 1. The van der Waals surface area contributed by atoms with E-state index >= 15 is 0 Å². The molecule has 1 amide bonds. The number of carbonyl (C=O) groups excluding carboxylic acids is 1. The van der Waals surface area contributed by atoms with Gasteiger partial charge < -0.3 is 11.1 Å². The van der Waals surface area contributed by atoms with Crippen molar-refractivity contribution in [1.29, 1.82) is 0 Å². The number of aromatic nitrogens is 2. The summed E-state index contributed by atoms with van der Waals surface area (Å²) in [6, 6.07) is 5.56. The van der Waals surface area contributed by atoms with E-state index in [1.54, 1.807) is 19.9 Å². The Kier molecular flexibility index (Phi) is 4.02. The van der Waals surface area contributed by atoms with Gasteiger partial charge in [0.1, 0.15) is 12.4 Å². The van der Waals surface area contributed by atoms with E-state index in [-0.39, 0.29) is 12.2 Å². The summed E-state index contributed by atoms with van der Waals surface area (Å²) in [6.45, 7) is 3.15. The SMILES string of the molecule is Cc1cc(C)n(CC(=O)Nc2cc(N)ccc2F)c(=O)n1. The summed E-state index contributed by atoms with van der Waals surface area (Å²) in [5, 5.41) is 2.39. The first-order chi connectivity index (χ1) is 9.86. The molecule has 2 aromatic rings. The van der Waals surface area contributed by atoms with Crippen molar-refractivity contribution in [3.05, 3.63) is 52.0 Å². The molecular formula is C14H15FN4O2. The number of benzene rings is 1. The predicted octanol–water partition coefficient (Wildman–Crippen LogP) is 1.22. The summed E-state index contributed by atoms with van der Waals surface area (Å²) >= 11 is 0. The third-order valence-electron chi connectivity index (χ3n) is 2.91. The van der Waals surface area contributed by atoms with Gasteiger partial charge in [0.25, 0.3) is 0 Å². The normalized spacial score (nSPS) is 10.4. The molecule has 21 heavy (non-hydrogen) atoms. The third kappa shape index (κ3) is 3.44. The Hall–Kier alpha value is -2.70. The first-order valence-electron chi connectivity index (χ1n) is 6.27. The summed E-state index contributed by atoms with van der Waals surface area (Å²) in [7, 11) is 0. The number of anilines is 2. The molecule has 0 aliphatic heterocycles. The van der Waals surface area contributed by atoms with Crippen LogP contribution in [0.3, 0.4) is 0 Å². The molecule has 0 aliphatic rings. The van der Waals surface area contributed by atoms with E-state index in [9.17, 15) is 14.0 Å². The maximum Gasteiger partial charge on any atom is 0.348 e. The number of hydrogen-bond acceptors (Lipinski definition) is 4. The van der Waals surface area contributed by atoms with Crippen molar-refractivity contribution < 1.29 is 9.18 Å². The lowest BCUT2D eigenvalue weighted by Gasteiger charge is -2.11. The number of nitrogens with two attached hydrogens (primary N) is 1. The Labute approximate surface area is 120 Å². The number of carbonyl (C=O) groups is 1. The zero-order valence-corrected chi connectivity index (χ0v) is 11.7. The maximum atomic E-state index is 13.5. The Bertz CT molecular complexity index is 755. The second-order valence-electron chi connectivity index (χ2n) is 4.70. The predicted molar refractivity (Wildman–Crippen MR) is 77.4 cm³/mol. The average Bonchev–Trinajstić information content (AvgIpc) is 2.38. The first-order valence-corrected chi connectivity index (χ1v) is 6.27. The molecule has 6 nitrogen and oxygen atoms in total. The molecule has 110 valence electrons. The van der Waals surface area contributed by atoms with Gasteiger partial charge in [-0.2, -0.15) is 4.98 Å². The van der Waals surface area contributed by atoms with Crippen LogP contribution in [0.2, 0.25) is 0 Å². The third-order valence-corrected chi connectivity index (χ3v) is 2.91. The van der Waals surface area contributed by atoms with Crippen molar-refractivity contribution in [3.63, 3.8) is 0 Å². The molecule has 1 heterocycles. The van der Waals surface area contributed by atoms with Gasteiger partial charge in [-0.05, 0) is 38.1 Å². The average molecular weight is 290 g/mol. The highest BCUT2D eigenvalue weighted by Crippen LogP contribution is 2.17. The molecule has 0 bridgehead atoms.